The fraction of sp³-hybridized carbons (Fsp3) is 0.316. The van der Waals surface area contributed by atoms with Crippen LogP contribution in [-0.2, 0) is 10.0 Å². The van der Waals surface area contributed by atoms with Gasteiger partial charge in [-0.15, -0.1) is 12.4 Å². The van der Waals surface area contributed by atoms with Crippen molar-refractivity contribution in [3.8, 4) is 0 Å². The lowest BCUT2D eigenvalue weighted by Crippen LogP contribution is -2.47. The van der Waals surface area contributed by atoms with Crippen LogP contribution in [0.4, 0.5) is 10.1 Å². The molecular weight excluding hydrogens is 405 g/mol. The Balaban J connectivity index is 0.00000280. The van der Waals surface area contributed by atoms with Crippen LogP contribution < -0.4 is 11.1 Å². The lowest BCUT2D eigenvalue weighted by atomic mass is 10.1. The van der Waals surface area contributed by atoms with Gasteiger partial charge in [0.1, 0.15) is 5.82 Å². The van der Waals surface area contributed by atoms with E-state index in [4.69, 9.17) is 5.73 Å². The predicted molar refractivity (Wildman–Crippen MR) is 109 cm³/mol. The summed E-state index contributed by atoms with van der Waals surface area (Å²) < 4.78 is 40.2. The fourth-order valence-electron chi connectivity index (χ4n) is 3.18. The summed E-state index contributed by atoms with van der Waals surface area (Å²) in [4.78, 5) is 12.3. The number of rotatable bonds is 5. The van der Waals surface area contributed by atoms with Crippen molar-refractivity contribution in [1.82, 2.24) is 4.31 Å². The Morgan fingerprint density at radius 1 is 1.11 bits per heavy atom. The molecule has 1 amide bonds. The number of hydrogen-bond donors (Lipinski definition) is 2. The molecule has 0 radical (unpaired) electrons. The molecule has 0 spiro atoms. The number of anilines is 1. The van der Waals surface area contributed by atoms with E-state index in [-0.39, 0.29) is 23.3 Å². The number of halogens is 2. The van der Waals surface area contributed by atoms with Gasteiger partial charge in [-0.2, -0.15) is 4.31 Å². The van der Waals surface area contributed by atoms with Gasteiger partial charge in [-0.05, 0) is 61.4 Å². The van der Waals surface area contributed by atoms with E-state index >= 15 is 0 Å². The van der Waals surface area contributed by atoms with Crippen molar-refractivity contribution in [3.63, 3.8) is 0 Å². The number of piperidine rings is 1. The maximum Gasteiger partial charge on any atom is 0.255 e. The monoisotopic (exact) mass is 427 g/mol. The smallest absolute Gasteiger partial charge is 0.255 e. The zero-order chi connectivity index (χ0) is 19.4. The minimum atomic E-state index is -3.63. The Labute approximate surface area is 170 Å². The van der Waals surface area contributed by atoms with E-state index in [0.29, 0.717) is 24.3 Å². The number of sulfonamides is 1. The first-order valence-corrected chi connectivity index (χ1v) is 10.2. The molecule has 3 rings (SSSR count). The highest BCUT2D eigenvalue weighted by Gasteiger charge is 2.32. The van der Waals surface area contributed by atoms with E-state index in [0.717, 1.165) is 19.3 Å². The quantitative estimate of drug-likeness (QED) is 0.767. The first-order valence-electron chi connectivity index (χ1n) is 8.81. The number of benzene rings is 2. The van der Waals surface area contributed by atoms with E-state index in [1.165, 1.54) is 52.8 Å². The Morgan fingerprint density at radius 3 is 2.36 bits per heavy atom. The highest BCUT2D eigenvalue weighted by atomic mass is 35.5. The normalized spacial score (nSPS) is 17.6. The maximum atomic E-state index is 12.9. The third-order valence-electron chi connectivity index (χ3n) is 4.67. The summed E-state index contributed by atoms with van der Waals surface area (Å²) in [6.45, 7) is 0.762. The van der Waals surface area contributed by atoms with Gasteiger partial charge in [0.25, 0.3) is 5.91 Å². The number of carbonyl (C=O) groups is 1. The first-order chi connectivity index (χ1) is 12.9. The Hall–Kier alpha value is -2.00. The molecule has 0 aliphatic carbocycles. The average Bonchev–Trinajstić information content (AvgIpc) is 2.69. The zero-order valence-electron chi connectivity index (χ0n) is 15.2. The largest absolute Gasteiger partial charge is 0.329 e. The molecule has 2 aromatic rings. The summed E-state index contributed by atoms with van der Waals surface area (Å²) in [5.74, 6) is -0.820. The average molecular weight is 428 g/mol. The first kappa shape index (κ1) is 22.3. The second-order valence-corrected chi connectivity index (χ2v) is 8.38. The molecule has 28 heavy (non-hydrogen) atoms. The third kappa shape index (κ3) is 4.88. The van der Waals surface area contributed by atoms with Gasteiger partial charge in [0.05, 0.1) is 4.90 Å². The minimum absolute atomic E-state index is 0. The molecule has 1 aliphatic heterocycles. The molecule has 1 unspecified atom stereocenters. The Morgan fingerprint density at radius 2 is 1.75 bits per heavy atom. The van der Waals surface area contributed by atoms with Crippen molar-refractivity contribution >= 4 is 34.0 Å². The molecule has 1 fully saturated rings. The summed E-state index contributed by atoms with van der Waals surface area (Å²) in [7, 11) is -3.63. The molecule has 152 valence electrons. The molecule has 1 saturated heterocycles. The van der Waals surface area contributed by atoms with Crippen LogP contribution in [0.2, 0.25) is 0 Å². The van der Waals surface area contributed by atoms with Crippen molar-refractivity contribution in [2.24, 2.45) is 5.73 Å². The molecule has 1 aliphatic rings. The van der Waals surface area contributed by atoms with E-state index in [2.05, 4.69) is 5.32 Å². The summed E-state index contributed by atoms with van der Waals surface area (Å²) in [6.07, 6.45) is 2.56. The highest BCUT2D eigenvalue weighted by Crippen LogP contribution is 2.25. The number of amides is 1. The van der Waals surface area contributed by atoms with Crippen LogP contribution in [-0.4, -0.2) is 37.8 Å². The van der Waals surface area contributed by atoms with Gasteiger partial charge in [-0.25, -0.2) is 12.8 Å². The molecular formula is C19H23ClFN3O3S. The number of nitrogens with zero attached hydrogens (tertiary/aromatic N) is 1. The van der Waals surface area contributed by atoms with Crippen LogP contribution in [0.3, 0.4) is 0 Å². The van der Waals surface area contributed by atoms with Crippen LogP contribution in [0.5, 0.6) is 0 Å². The van der Waals surface area contributed by atoms with Crippen molar-refractivity contribution < 1.29 is 17.6 Å². The van der Waals surface area contributed by atoms with E-state index < -0.39 is 21.7 Å². The standard InChI is InChI=1S/C19H22FN3O3S.ClH/c20-15-6-4-14(5-7-15)19(24)22-16-8-10-18(11-9-16)27(25,26)23-12-2-1-3-17(23)13-21;/h4-11,17H,1-3,12-13,21H2,(H,22,24);1H. The van der Waals surface area contributed by atoms with Crippen LogP contribution in [0.15, 0.2) is 53.4 Å². The summed E-state index contributed by atoms with van der Waals surface area (Å²) >= 11 is 0. The van der Waals surface area contributed by atoms with Gasteiger partial charge in [0.2, 0.25) is 10.0 Å². The number of hydrogen-bond acceptors (Lipinski definition) is 4. The van der Waals surface area contributed by atoms with E-state index in [1.54, 1.807) is 0 Å². The predicted octanol–water partition coefficient (Wildman–Crippen LogP) is 3.00. The van der Waals surface area contributed by atoms with Gasteiger partial charge >= 0.3 is 0 Å². The Bertz CT molecular complexity index is 905. The van der Waals surface area contributed by atoms with Crippen molar-refractivity contribution in [1.29, 1.82) is 0 Å². The van der Waals surface area contributed by atoms with Crippen LogP contribution in [0, 0.1) is 5.82 Å². The van der Waals surface area contributed by atoms with Crippen LogP contribution in [0.1, 0.15) is 29.6 Å². The lowest BCUT2D eigenvalue weighted by Gasteiger charge is -2.33. The van der Waals surface area contributed by atoms with Gasteiger partial charge in [0.15, 0.2) is 0 Å². The van der Waals surface area contributed by atoms with Gasteiger partial charge in [-0.3, -0.25) is 4.79 Å². The molecule has 6 nitrogen and oxygen atoms in total. The second-order valence-electron chi connectivity index (χ2n) is 6.49. The third-order valence-corrected chi connectivity index (χ3v) is 6.64. The number of carbonyl (C=O) groups excluding carboxylic acids is 1. The fourth-order valence-corrected chi connectivity index (χ4v) is 4.88. The van der Waals surface area contributed by atoms with Gasteiger partial charge in [0, 0.05) is 30.4 Å². The molecule has 0 aromatic heterocycles. The lowest BCUT2D eigenvalue weighted by molar-refractivity contribution is 0.102. The Kier molecular flexibility index (Phi) is 7.54. The molecule has 0 saturated carbocycles. The zero-order valence-corrected chi connectivity index (χ0v) is 16.8. The van der Waals surface area contributed by atoms with E-state index in [1.807, 2.05) is 0 Å². The second kappa shape index (κ2) is 9.47. The molecule has 9 heteroatoms. The summed E-state index contributed by atoms with van der Waals surface area (Å²) in [6, 6.07) is 11.0. The van der Waals surface area contributed by atoms with Gasteiger partial charge < -0.3 is 11.1 Å². The molecule has 2 aromatic carbocycles. The number of nitrogens with one attached hydrogen (secondary N) is 1. The summed E-state index contributed by atoms with van der Waals surface area (Å²) in [5.41, 5.74) is 6.50. The minimum Gasteiger partial charge on any atom is -0.329 e. The van der Waals surface area contributed by atoms with Crippen LogP contribution >= 0.6 is 12.4 Å². The maximum absolute atomic E-state index is 12.9. The number of nitrogens with two attached hydrogens (primary N) is 1. The van der Waals surface area contributed by atoms with E-state index in [9.17, 15) is 17.6 Å². The highest BCUT2D eigenvalue weighted by molar-refractivity contribution is 7.89. The van der Waals surface area contributed by atoms with Crippen LogP contribution in [0.25, 0.3) is 0 Å². The molecule has 1 atom stereocenters. The summed E-state index contributed by atoms with van der Waals surface area (Å²) in [5, 5.41) is 2.67. The topological polar surface area (TPSA) is 92.5 Å². The van der Waals surface area contributed by atoms with Gasteiger partial charge in [-0.1, -0.05) is 6.42 Å². The molecule has 1 heterocycles. The SMILES string of the molecule is Cl.NCC1CCCCN1S(=O)(=O)c1ccc(NC(=O)c2ccc(F)cc2)cc1. The molecule has 0 bridgehead atoms. The van der Waals surface area contributed by atoms with Crippen molar-refractivity contribution in [3.05, 3.63) is 59.9 Å². The molecule has 3 N–H and O–H groups in total. The van der Waals surface area contributed by atoms with Crippen molar-refractivity contribution in [2.45, 2.75) is 30.2 Å². The van der Waals surface area contributed by atoms with Crippen molar-refractivity contribution in [2.75, 3.05) is 18.4 Å².